The number of non-ortho nitro benzene ring substituents is 2. The number of nitrogens with one attached hydrogen (secondary N) is 1. The summed E-state index contributed by atoms with van der Waals surface area (Å²) in [4.78, 5) is 32.2. The van der Waals surface area contributed by atoms with Gasteiger partial charge in [-0.3, -0.25) is 25.0 Å². The van der Waals surface area contributed by atoms with Crippen molar-refractivity contribution in [3.63, 3.8) is 0 Å². The van der Waals surface area contributed by atoms with Gasteiger partial charge < -0.3 is 5.32 Å². The number of nitrogens with zero attached hydrogens (tertiary/aromatic N) is 2. The molecular weight excluding hydrogens is 302 g/mol. The summed E-state index contributed by atoms with van der Waals surface area (Å²) in [7, 11) is 0. The molecule has 0 fully saturated rings. The predicted molar refractivity (Wildman–Crippen MR) is 85.3 cm³/mol. The van der Waals surface area contributed by atoms with Gasteiger partial charge in [-0.1, -0.05) is 25.2 Å². The van der Waals surface area contributed by atoms with Crippen LogP contribution in [0.2, 0.25) is 0 Å². The zero-order valence-corrected chi connectivity index (χ0v) is 12.8. The van der Waals surface area contributed by atoms with Gasteiger partial charge in [0.05, 0.1) is 21.5 Å². The quantitative estimate of drug-likeness (QED) is 0.471. The first-order valence-electron chi connectivity index (χ1n) is 6.92. The molecule has 8 nitrogen and oxygen atoms in total. The molecule has 0 aliphatic heterocycles. The predicted octanol–water partition coefficient (Wildman–Crippen LogP) is 3.15. The van der Waals surface area contributed by atoms with E-state index in [1.165, 1.54) is 0 Å². The number of allylic oxidation sites excluding steroid dienone is 2. The van der Waals surface area contributed by atoms with Crippen molar-refractivity contribution in [2.45, 2.75) is 20.3 Å². The highest BCUT2D eigenvalue weighted by molar-refractivity contribution is 5.95. The lowest BCUT2D eigenvalue weighted by molar-refractivity contribution is -0.394. The van der Waals surface area contributed by atoms with Gasteiger partial charge in [-0.2, -0.15) is 0 Å². The number of benzene rings is 1. The van der Waals surface area contributed by atoms with E-state index in [1.807, 2.05) is 32.1 Å². The molecular formula is C15H17N3O5. The van der Waals surface area contributed by atoms with Crippen molar-refractivity contribution < 1.29 is 14.6 Å². The Labute approximate surface area is 132 Å². The highest BCUT2D eigenvalue weighted by Gasteiger charge is 2.19. The van der Waals surface area contributed by atoms with Crippen LogP contribution in [0.3, 0.4) is 0 Å². The highest BCUT2D eigenvalue weighted by Crippen LogP contribution is 2.22. The van der Waals surface area contributed by atoms with Crippen molar-refractivity contribution in [1.82, 2.24) is 5.32 Å². The second kappa shape index (κ2) is 8.42. The molecule has 0 radical (unpaired) electrons. The van der Waals surface area contributed by atoms with E-state index in [0.29, 0.717) is 0 Å². The smallest absolute Gasteiger partial charge is 0.277 e. The summed E-state index contributed by atoms with van der Waals surface area (Å²) in [6.07, 6.45) is 6.46. The van der Waals surface area contributed by atoms with Crippen molar-refractivity contribution in [1.29, 1.82) is 0 Å². The monoisotopic (exact) mass is 319 g/mol. The third-order valence-corrected chi connectivity index (χ3v) is 2.98. The second-order valence-electron chi connectivity index (χ2n) is 4.61. The van der Waals surface area contributed by atoms with E-state index >= 15 is 0 Å². The fraction of sp³-hybridized carbons (Fsp3) is 0.267. The average molecular weight is 319 g/mol. The maximum Gasteiger partial charge on any atom is 0.277 e. The molecule has 0 unspecified atom stereocenters. The molecule has 1 aromatic rings. The van der Waals surface area contributed by atoms with E-state index in [-0.39, 0.29) is 12.1 Å². The maximum absolute atomic E-state index is 12.1. The molecule has 0 bridgehead atoms. The minimum absolute atomic E-state index is 0.124. The molecule has 8 heteroatoms. The Hall–Kier alpha value is -3.03. The van der Waals surface area contributed by atoms with Crippen LogP contribution in [0, 0.1) is 20.2 Å². The largest absolute Gasteiger partial charge is 0.348 e. The number of nitro groups is 2. The lowest BCUT2D eigenvalue weighted by Gasteiger charge is -2.06. The minimum Gasteiger partial charge on any atom is -0.348 e. The Morgan fingerprint density at radius 2 is 1.74 bits per heavy atom. The molecule has 122 valence electrons. The first-order valence-corrected chi connectivity index (χ1v) is 6.92. The third-order valence-electron chi connectivity index (χ3n) is 2.98. The summed E-state index contributed by atoms with van der Waals surface area (Å²) in [5.41, 5.74) is -0.260. The Kier molecular flexibility index (Phi) is 6.60. The van der Waals surface area contributed by atoms with Crippen LogP contribution in [-0.2, 0) is 0 Å². The average Bonchev–Trinajstić information content (AvgIpc) is 2.54. The SMILES string of the molecule is C/C=C(\C=C/CC)CNC(=O)c1cc([N+](=O)[O-])cc([N+](=O)[O-])c1. The normalized spacial score (nSPS) is 11.5. The van der Waals surface area contributed by atoms with Gasteiger partial charge in [0.15, 0.2) is 0 Å². The molecule has 1 aromatic carbocycles. The molecule has 0 spiro atoms. The number of hydrogen-bond donors (Lipinski definition) is 1. The summed E-state index contributed by atoms with van der Waals surface area (Å²) < 4.78 is 0. The van der Waals surface area contributed by atoms with E-state index in [4.69, 9.17) is 0 Å². The van der Waals surface area contributed by atoms with Gasteiger partial charge in [-0.15, -0.1) is 0 Å². The molecule has 0 atom stereocenters. The van der Waals surface area contributed by atoms with Crippen molar-refractivity contribution >= 4 is 17.3 Å². The van der Waals surface area contributed by atoms with Gasteiger partial charge >= 0.3 is 0 Å². The van der Waals surface area contributed by atoms with Crippen LogP contribution in [0.5, 0.6) is 0 Å². The molecule has 0 saturated heterocycles. The molecule has 0 heterocycles. The number of hydrogen-bond acceptors (Lipinski definition) is 5. The Balaban J connectivity index is 2.97. The zero-order chi connectivity index (χ0) is 17.4. The summed E-state index contributed by atoms with van der Waals surface area (Å²) >= 11 is 0. The van der Waals surface area contributed by atoms with E-state index in [0.717, 1.165) is 30.2 Å². The van der Waals surface area contributed by atoms with Gasteiger partial charge in [0.2, 0.25) is 0 Å². The lowest BCUT2D eigenvalue weighted by atomic mass is 10.1. The van der Waals surface area contributed by atoms with Crippen LogP contribution in [0.1, 0.15) is 30.6 Å². The molecule has 0 aliphatic carbocycles. The zero-order valence-electron chi connectivity index (χ0n) is 12.8. The first-order chi connectivity index (χ1) is 10.9. The van der Waals surface area contributed by atoms with Crippen LogP contribution in [0.25, 0.3) is 0 Å². The van der Waals surface area contributed by atoms with Gasteiger partial charge in [0.1, 0.15) is 0 Å². The molecule has 0 aliphatic rings. The Bertz CT molecular complexity index is 647. The minimum atomic E-state index is -0.773. The summed E-state index contributed by atoms with van der Waals surface area (Å²) in [6, 6.07) is 2.84. The third kappa shape index (κ3) is 5.34. The highest BCUT2D eigenvalue weighted by atomic mass is 16.6. The number of nitro benzene ring substituents is 2. The van der Waals surface area contributed by atoms with E-state index < -0.39 is 27.1 Å². The van der Waals surface area contributed by atoms with Crippen LogP contribution < -0.4 is 5.32 Å². The molecule has 0 saturated carbocycles. The fourth-order valence-corrected chi connectivity index (χ4v) is 1.75. The molecule has 1 amide bonds. The molecule has 1 N–H and O–H groups in total. The van der Waals surface area contributed by atoms with Crippen LogP contribution in [-0.4, -0.2) is 22.3 Å². The van der Waals surface area contributed by atoms with Gasteiger partial charge in [0.25, 0.3) is 17.3 Å². The molecule has 23 heavy (non-hydrogen) atoms. The van der Waals surface area contributed by atoms with Crippen molar-refractivity contribution in [3.05, 3.63) is 67.8 Å². The standard InChI is InChI=1S/C15H17N3O5/c1-3-5-6-11(4-2)10-16-15(19)12-7-13(17(20)21)9-14(8-12)18(22)23/h4-9H,3,10H2,1-2H3,(H,16,19)/b6-5-,11-4+. The first kappa shape index (κ1) is 18.0. The second-order valence-corrected chi connectivity index (χ2v) is 4.61. The Morgan fingerprint density at radius 1 is 1.17 bits per heavy atom. The number of carbonyl (C=O) groups is 1. The van der Waals surface area contributed by atoms with Gasteiger partial charge in [-0.25, -0.2) is 0 Å². The molecule has 1 rings (SSSR count). The topological polar surface area (TPSA) is 115 Å². The van der Waals surface area contributed by atoms with Crippen molar-refractivity contribution in [3.8, 4) is 0 Å². The van der Waals surface area contributed by atoms with E-state index in [9.17, 15) is 25.0 Å². The number of carbonyl (C=O) groups excluding carboxylic acids is 1. The van der Waals surface area contributed by atoms with Crippen LogP contribution in [0.4, 0.5) is 11.4 Å². The summed E-state index contributed by atoms with van der Waals surface area (Å²) in [5, 5.41) is 24.2. The molecule has 0 aromatic heterocycles. The van der Waals surface area contributed by atoms with Crippen LogP contribution in [0.15, 0.2) is 42.0 Å². The lowest BCUT2D eigenvalue weighted by Crippen LogP contribution is -2.25. The Morgan fingerprint density at radius 3 is 2.17 bits per heavy atom. The van der Waals surface area contributed by atoms with E-state index in [2.05, 4.69) is 5.32 Å². The van der Waals surface area contributed by atoms with Crippen LogP contribution >= 0.6 is 0 Å². The number of amides is 1. The van der Waals surface area contributed by atoms with E-state index in [1.54, 1.807) is 0 Å². The fourth-order valence-electron chi connectivity index (χ4n) is 1.75. The number of rotatable bonds is 7. The van der Waals surface area contributed by atoms with Gasteiger partial charge in [0, 0.05) is 18.7 Å². The summed E-state index contributed by atoms with van der Waals surface area (Å²) in [5.74, 6) is -0.610. The van der Waals surface area contributed by atoms with Crippen molar-refractivity contribution in [2.24, 2.45) is 0 Å². The van der Waals surface area contributed by atoms with Crippen molar-refractivity contribution in [2.75, 3.05) is 6.54 Å². The summed E-state index contributed by atoms with van der Waals surface area (Å²) in [6.45, 7) is 4.02. The van der Waals surface area contributed by atoms with Gasteiger partial charge in [-0.05, 0) is 18.9 Å². The maximum atomic E-state index is 12.1.